The van der Waals surface area contributed by atoms with Crippen LogP contribution in [0.4, 0.5) is 17.3 Å². The second kappa shape index (κ2) is 7.74. The van der Waals surface area contributed by atoms with Gasteiger partial charge in [-0.2, -0.15) is 0 Å². The van der Waals surface area contributed by atoms with Crippen LogP contribution in [0.1, 0.15) is 36.5 Å². The Bertz CT molecular complexity index is 754. The summed E-state index contributed by atoms with van der Waals surface area (Å²) in [6.07, 6.45) is 6.63. The number of hydrogen-bond acceptors (Lipinski definition) is 5. The van der Waals surface area contributed by atoms with E-state index in [-0.39, 0.29) is 11.8 Å². The number of hydrogen-bond donors (Lipinski definition) is 2. The number of nitrogens with one attached hydrogen (secondary N) is 2. The minimum atomic E-state index is -0.287. The molecule has 7 heteroatoms. The van der Waals surface area contributed by atoms with Gasteiger partial charge in [-0.15, -0.1) is 0 Å². The van der Waals surface area contributed by atoms with Crippen LogP contribution in [0.2, 0.25) is 0 Å². The highest BCUT2D eigenvalue weighted by Gasteiger charge is 2.14. The molecule has 1 aliphatic rings. The number of piperidine rings is 1. The van der Waals surface area contributed by atoms with E-state index < -0.39 is 0 Å². The molecule has 0 saturated carbocycles. The molecule has 0 spiro atoms. The smallest absolute Gasteiger partial charge is 0.258 e. The largest absolute Gasteiger partial charge is 0.341 e. The normalized spacial score (nSPS) is 14.0. The predicted octanol–water partition coefficient (Wildman–Crippen LogP) is 2.68. The summed E-state index contributed by atoms with van der Waals surface area (Å²) in [6, 6.07) is 6.97. The van der Waals surface area contributed by atoms with Crippen LogP contribution in [0.5, 0.6) is 0 Å². The lowest BCUT2D eigenvalue weighted by Crippen LogP contribution is -2.31. The first kappa shape index (κ1) is 16.9. The van der Waals surface area contributed by atoms with Gasteiger partial charge in [0.25, 0.3) is 5.91 Å². The van der Waals surface area contributed by atoms with Gasteiger partial charge in [0, 0.05) is 43.8 Å². The lowest BCUT2D eigenvalue weighted by Gasteiger charge is -2.26. The molecule has 2 amide bonds. The summed E-state index contributed by atoms with van der Waals surface area (Å²) < 4.78 is 0. The van der Waals surface area contributed by atoms with Crippen molar-refractivity contribution in [2.75, 3.05) is 28.6 Å². The summed E-state index contributed by atoms with van der Waals surface area (Å²) in [7, 11) is 0. The molecule has 1 saturated heterocycles. The molecule has 1 aliphatic heterocycles. The van der Waals surface area contributed by atoms with Gasteiger partial charge in [-0.1, -0.05) is 6.07 Å². The monoisotopic (exact) mass is 339 g/mol. The van der Waals surface area contributed by atoms with E-state index in [0.717, 1.165) is 25.9 Å². The van der Waals surface area contributed by atoms with Crippen molar-refractivity contribution in [1.29, 1.82) is 0 Å². The molecule has 0 radical (unpaired) electrons. The van der Waals surface area contributed by atoms with Crippen molar-refractivity contribution in [2.24, 2.45) is 0 Å². The lowest BCUT2D eigenvalue weighted by atomic mass is 10.1. The van der Waals surface area contributed by atoms with Gasteiger partial charge < -0.3 is 15.5 Å². The highest BCUT2D eigenvalue weighted by atomic mass is 16.2. The van der Waals surface area contributed by atoms with Crippen molar-refractivity contribution in [1.82, 2.24) is 9.97 Å². The standard InChI is InChI=1S/C18H21N5O2/c1-13(24)21-15-6-5-7-16(10-15)22-17(25)14-11-19-18(20-12-14)23-8-3-2-4-9-23/h5-7,10-12H,2-4,8-9H2,1H3,(H,21,24)(H,22,25). The van der Waals surface area contributed by atoms with E-state index in [1.165, 1.54) is 13.3 Å². The van der Waals surface area contributed by atoms with Crippen LogP contribution in [0.3, 0.4) is 0 Å². The molecular formula is C18H21N5O2. The molecular weight excluding hydrogens is 318 g/mol. The zero-order valence-corrected chi connectivity index (χ0v) is 14.2. The van der Waals surface area contributed by atoms with Gasteiger partial charge in [0.15, 0.2) is 0 Å². The van der Waals surface area contributed by atoms with E-state index in [1.807, 2.05) is 0 Å². The molecule has 130 valence electrons. The molecule has 1 fully saturated rings. The van der Waals surface area contributed by atoms with E-state index >= 15 is 0 Å². The van der Waals surface area contributed by atoms with Crippen molar-refractivity contribution in [3.05, 3.63) is 42.2 Å². The van der Waals surface area contributed by atoms with Crippen molar-refractivity contribution in [3.8, 4) is 0 Å². The van der Waals surface area contributed by atoms with Crippen LogP contribution in [0.15, 0.2) is 36.7 Å². The maximum atomic E-state index is 12.3. The number of anilines is 3. The first-order valence-electron chi connectivity index (χ1n) is 8.38. The van der Waals surface area contributed by atoms with Gasteiger partial charge >= 0.3 is 0 Å². The first-order valence-corrected chi connectivity index (χ1v) is 8.38. The van der Waals surface area contributed by atoms with Crippen LogP contribution >= 0.6 is 0 Å². The van der Waals surface area contributed by atoms with E-state index in [2.05, 4.69) is 25.5 Å². The Morgan fingerprint density at radius 3 is 2.28 bits per heavy atom. The second-order valence-corrected chi connectivity index (χ2v) is 6.04. The fraction of sp³-hybridized carbons (Fsp3) is 0.333. The molecule has 2 N–H and O–H groups in total. The minimum absolute atomic E-state index is 0.162. The summed E-state index contributed by atoms with van der Waals surface area (Å²) in [5.74, 6) is 0.222. The van der Waals surface area contributed by atoms with Crippen molar-refractivity contribution in [3.63, 3.8) is 0 Å². The Labute approximate surface area is 146 Å². The molecule has 0 unspecified atom stereocenters. The molecule has 7 nitrogen and oxygen atoms in total. The van der Waals surface area contributed by atoms with Gasteiger partial charge in [0.2, 0.25) is 11.9 Å². The van der Waals surface area contributed by atoms with Gasteiger partial charge in [-0.3, -0.25) is 9.59 Å². The summed E-state index contributed by atoms with van der Waals surface area (Å²) in [5.41, 5.74) is 1.61. The Balaban J connectivity index is 1.65. The highest BCUT2D eigenvalue weighted by Crippen LogP contribution is 2.17. The highest BCUT2D eigenvalue weighted by molar-refractivity contribution is 6.04. The number of benzene rings is 1. The number of nitrogens with zero attached hydrogens (tertiary/aromatic N) is 3. The zero-order valence-electron chi connectivity index (χ0n) is 14.2. The molecule has 0 bridgehead atoms. The number of amides is 2. The van der Waals surface area contributed by atoms with Crippen LogP contribution in [0.25, 0.3) is 0 Å². The third-order valence-corrected chi connectivity index (χ3v) is 3.98. The Hall–Kier alpha value is -2.96. The fourth-order valence-electron chi connectivity index (χ4n) is 2.78. The van der Waals surface area contributed by atoms with Gasteiger partial charge in [0.1, 0.15) is 0 Å². The van der Waals surface area contributed by atoms with E-state index in [4.69, 9.17) is 0 Å². The lowest BCUT2D eigenvalue weighted by molar-refractivity contribution is -0.114. The van der Waals surface area contributed by atoms with Crippen LogP contribution in [0, 0.1) is 0 Å². The van der Waals surface area contributed by atoms with E-state index in [0.29, 0.717) is 22.9 Å². The maximum Gasteiger partial charge on any atom is 0.258 e. The summed E-state index contributed by atoms with van der Waals surface area (Å²) >= 11 is 0. The quantitative estimate of drug-likeness (QED) is 0.894. The minimum Gasteiger partial charge on any atom is -0.341 e. The van der Waals surface area contributed by atoms with Crippen molar-refractivity contribution in [2.45, 2.75) is 26.2 Å². The molecule has 2 aromatic rings. The average Bonchev–Trinajstić information content (AvgIpc) is 2.62. The number of carbonyl (C=O) groups excluding carboxylic acids is 2. The number of carbonyl (C=O) groups is 2. The average molecular weight is 339 g/mol. The molecule has 0 atom stereocenters. The third-order valence-electron chi connectivity index (χ3n) is 3.98. The summed E-state index contributed by atoms with van der Waals surface area (Å²) in [4.78, 5) is 34.2. The molecule has 1 aromatic carbocycles. The molecule has 25 heavy (non-hydrogen) atoms. The van der Waals surface area contributed by atoms with Crippen LogP contribution in [-0.4, -0.2) is 34.9 Å². The van der Waals surface area contributed by atoms with Gasteiger partial charge in [-0.25, -0.2) is 9.97 Å². The third kappa shape index (κ3) is 4.53. The maximum absolute atomic E-state index is 12.3. The Kier molecular flexibility index (Phi) is 5.23. The van der Waals surface area contributed by atoms with Gasteiger partial charge in [-0.05, 0) is 37.5 Å². The van der Waals surface area contributed by atoms with Crippen LogP contribution < -0.4 is 15.5 Å². The topological polar surface area (TPSA) is 87.2 Å². The number of rotatable bonds is 4. The second-order valence-electron chi connectivity index (χ2n) is 6.04. The van der Waals surface area contributed by atoms with Crippen molar-refractivity contribution < 1.29 is 9.59 Å². The Morgan fingerprint density at radius 1 is 1.00 bits per heavy atom. The summed E-state index contributed by atoms with van der Waals surface area (Å²) in [5, 5.41) is 5.47. The van der Waals surface area contributed by atoms with Crippen LogP contribution in [-0.2, 0) is 4.79 Å². The first-order chi connectivity index (χ1) is 12.1. The van der Waals surface area contributed by atoms with E-state index in [9.17, 15) is 9.59 Å². The molecule has 3 rings (SSSR count). The summed E-state index contributed by atoms with van der Waals surface area (Å²) in [6.45, 7) is 3.36. The SMILES string of the molecule is CC(=O)Nc1cccc(NC(=O)c2cnc(N3CCCCC3)nc2)c1. The van der Waals surface area contributed by atoms with Gasteiger partial charge in [0.05, 0.1) is 5.56 Å². The Morgan fingerprint density at radius 2 is 1.64 bits per heavy atom. The van der Waals surface area contributed by atoms with E-state index in [1.54, 1.807) is 36.7 Å². The molecule has 1 aromatic heterocycles. The van der Waals surface area contributed by atoms with Crippen molar-refractivity contribution >= 4 is 29.1 Å². The number of aromatic nitrogens is 2. The fourth-order valence-corrected chi connectivity index (χ4v) is 2.78. The zero-order chi connectivity index (χ0) is 17.6. The predicted molar refractivity (Wildman–Crippen MR) is 96.8 cm³/mol. The molecule has 2 heterocycles. The molecule has 0 aliphatic carbocycles.